The zero-order valence-corrected chi connectivity index (χ0v) is 8.29. The smallest absolute Gasteiger partial charge is 0.330 e. The average Bonchev–Trinajstić information content (AvgIpc) is 2.56. The fourth-order valence-electron chi connectivity index (χ4n) is 2.48. The molecule has 0 aromatic rings. The molecular weight excluding hydrogens is 182 g/mol. The zero-order chi connectivity index (χ0) is 10.1. The van der Waals surface area contributed by atoms with Crippen molar-refractivity contribution in [2.45, 2.75) is 37.8 Å². The molecule has 1 saturated heterocycles. The molecule has 0 radical (unpaired) electrons. The summed E-state index contributed by atoms with van der Waals surface area (Å²) in [4.78, 5) is 23.0. The number of ether oxygens (including phenoxy) is 1. The molecule has 0 aromatic carbocycles. The van der Waals surface area contributed by atoms with Gasteiger partial charge < -0.3 is 4.74 Å². The number of carbonyl (C=O) groups excluding carboxylic acids is 2. The summed E-state index contributed by atoms with van der Waals surface area (Å²) < 4.78 is 4.59. The number of hydrogen-bond acceptors (Lipinski definition) is 4. The van der Waals surface area contributed by atoms with Crippen LogP contribution in [0.15, 0.2) is 0 Å². The van der Waals surface area contributed by atoms with Crippen LogP contribution in [0.2, 0.25) is 0 Å². The Labute approximate surface area is 83.0 Å². The molecule has 1 N–H and O–H groups in total. The lowest BCUT2D eigenvalue weighted by Gasteiger charge is -2.22. The maximum atomic E-state index is 11.8. The van der Waals surface area contributed by atoms with Crippen molar-refractivity contribution in [1.82, 2.24) is 5.32 Å². The summed E-state index contributed by atoms with van der Waals surface area (Å²) in [6, 6.07) is -0.492. The number of methoxy groups -OCH3 is 1. The first-order valence-electron chi connectivity index (χ1n) is 5.11. The van der Waals surface area contributed by atoms with Gasteiger partial charge in [-0.05, 0) is 12.8 Å². The summed E-state index contributed by atoms with van der Waals surface area (Å²) in [5.41, 5.74) is 0. The van der Waals surface area contributed by atoms with Gasteiger partial charge in [0.05, 0.1) is 7.11 Å². The van der Waals surface area contributed by atoms with Crippen LogP contribution in [0, 0.1) is 5.92 Å². The van der Waals surface area contributed by atoms with Crippen LogP contribution in [0.4, 0.5) is 0 Å². The Morgan fingerprint density at radius 2 is 2.14 bits per heavy atom. The van der Waals surface area contributed by atoms with E-state index in [2.05, 4.69) is 10.1 Å². The van der Waals surface area contributed by atoms with Gasteiger partial charge in [0.2, 0.25) is 0 Å². The van der Waals surface area contributed by atoms with Gasteiger partial charge in [-0.3, -0.25) is 10.1 Å². The average molecular weight is 197 g/mol. The summed E-state index contributed by atoms with van der Waals surface area (Å²) >= 11 is 0. The quantitative estimate of drug-likeness (QED) is 0.484. The van der Waals surface area contributed by atoms with E-state index in [0.29, 0.717) is 0 Å². The SMILES string of the molecule is COC(=O)C1NC2CCCCC2C1=O. The normalized spacial score (nSPS) is 36.6. The Morgan fingerprint density at radius 3 is 2.79 bits per heavy atom. The number of esters is 1. The second-order valence-electron chi connectivity index (χ2n) is 4.02. The summed E-state index contributed by atoms with van der Waals surface area (Å²) in [6.07, 6.45) is 4.17. The molecule has 78 valence electrons. The van der Waals surface area contributed by atoms with Crippen LogP contribution in [0.3, 0.4) is 0 Å². The van der Waals surface area contributed by atoms with Gasteiger partial charge in [0.1, 0.15) is 0 Å². The molecule has 0 aromatic heterocycles. The van der Waals surface area contributed by atoms with E-state index in [1.807, 2.05) is 0 Å². The van der Waals surface area contributed by atoms with Crippen LogP contribution >= 0.6 is 0 Å². The summed E-state index contributed by atoms with van der Waals surface area (Å²) in [5, 5.41) is 3.07. The summed E-state index contributed by atoms with van der Waals surface area (Å²) in [6.45, 7) is 0. The second kappa shape index (κ2) is 3.69. The van der Waals surface area contributed by atoms with Gasteiger partial charge in [0.15, 0.2) is 11.8 Å². The van der Waals surface area contributed by atoms with Crippen molar-refractivity contribution in [2.75, 3.05) is 7.11 Å². The lowest BCUT2D eigenvalue weighted by molar-refractivity contribution is -0.145. The third-order valence-corrected chi connectivity index (χ3v) is 3.23. The Bertz CT molecular complexity index is 264. The van der Waals surface area contributed by atoms with Crippen LogP contribution in [0.25, 0.3) is 0 Å². The molecule has 0 amide bonds. The van der Waals surface area contributed by atoms with Gasteiger partial charge in [-0.2, -0.15) is 0 Å². The maximum Gasteiger partial charge on any atom is 0.330 e. The van der Waals surface area contributed by atoms with Gasteiger partial charge in [-0.15, -0.1) is 0 Å². The number of carbonyl (C=O) groups is 2. The van der Waals surface area contributed by atoms with Gasteiger partial charge >= 0.3 is 5.97 Å². The predicted molar refractivity (Wildman–Crippen MR) is 49.7 cm³/mol. The molecule has 3 atom stereocenters. The van der Waals surface area contributed by atoms with E-state index in [9.17, 15) is 9.59 Å². The van der Waals surface area contributed by atoms with Crippen molar-refractivity contribution in [2.24, 2.45) is 5.92 Å². The molecule has 1 heterocycles. The number of nitrogens with one attached hydrogen (secondary N) is 1. The first-order chi connectivity index (χ1) is 6.74. The topological polar surface area (TPSA) is 55.4 Å². The van der Waals surface area contributed by atoms with Crippen LogP contribution in [0.5, 0.6) is 0 Å². The van der Waals surface area contributed by atoms with Crippen LogP contribution in [-0.4, -0.2) is 30.9 Å². The highest BCUT2D eigenvalue weighted by molar-refractivity contribution is 6.06. The van der Waals surface area contributed by atoms with Crippen molar-refractivity contribution in [3.05, 3.63) is 0 Å². The highest BCUT2D eigenvalue weighted by Gasteiger charge is 2.46. The molecule has 1 aliphatic carbocycles. The molecule has 2 fully saturated rings. The number of fused-ring (bicyclic) bond motifs is 1. The van der Waals surface area contributed by atoms with Crippen molar-refractivity contribution in [3.63, 3.8) is 0 Å². The third kappa shape index (κ3) is 1.43. The number of hydrogen-bond donors (Lipinski definition) is 1. The van der Waals surface area contributed by atoms with E-state index >= 15 is 0 Å². The minimum absolute atomic E-state index is 0.0292. The van der Waals surface area contributed by atoms with Gasteiger partial charge in [-0.25, -0.2) is 4.79 Å². The Morgan fingerprint density at radius 1 is 1.43 bits per heavy atom. The summed E-state index contributed by atoms with van der Waals surface area (Å²) in [7, 11) is 1.32. The van der Waals surface area contributed by atoms with Crippen molar-refractivity contribution in [1.29, 1.82) is 0 Å². The van der Waals surface area contributed by atoms with Crippen molar-refractivity contribution < 1.29 is 14.3 Å². The maximum absolute atomic E-state index is 11.8. The van der Waals surface area contributed by atoms with Crippen LogP contribution in [0.1, 0.15) is 25.7 Å². The molecule has 1 aliphatic heterocycles. The van der Waals surface area contributed by atoms with Gasteiger partial charge in [0.25, 0.3) is 0 Å². The molecule has 0 spiro atoms. The minimum atomic E-state index is -0.701. The second-order valence-corrected chi connectivity index (χ2v) is 4.02. The Kier molecular flexibility index (Phi) is 2.54. The first kappa shape index (κ1) is 9.65. The van der Waals surface area contributed by atoms with E-state index in [1.54, 1.807) is 0 Å². The molecule has 2 rings (SSSR count). The highest BCUT2D eigenvalue weighted by atomic mass is 16.5. The van der Waals surface area contributed by atoms with E-state index < -0.39 is 12.0 Å². The minimum Gasteiger partial charge on any atom is -0.468 e. The first-order valence-corrected chi connectivity index (χ1v) is 5.11. The van der Waals surface area contributed by atoms with E-state index in [0.717, 1.165) is 25.7 Å². The fourth-order valence-corrected chi connectivity index (χ4v) is 2.48. The molecule has 14 heavy (non-hydrogen) atoms. The zero-order valence-electron chi connectivity index (χ0n) is 8.29. The Balaban J connectivity index is 2.10. The van der Waals surface area contributed by atoms with E-state index in [1.165, 1.54) is 7.11 Å². The largest absolute Gasteiger partial charge is 0.468 e. The molecule has 1 saturated carbocycles. The van der Waals surface area contributed by atoms with Crippen molar-refractivity contribution in [3.8, 4) is 0 Å². The number of Topliss-reactive ketones (excluding diaryl/α,β-unsaturated/α-hetero) is 1. The molecule has 0 bridgehead atoms. The standard InChI is InChI=1S/C10H15NO3/c1-14-10(13)8-9(12)6-4-2-3-5-7(6)11-8/h6-8,11H,2-5H2,1H3. The van der Waals surface area contributed by atoms with Gasteiger partial charge in [0, 0.05) is 12.0 Å². The fraction of sp³-hybridized carbons (Fsp3) is 0.800. The molecule has 2 aliphatic rings. The number of rotatable bonds is 1. The summed E-state index contributed by atoms with van der Waals surface area (Å²) in [5.74, 6) is -0.362. The molecule has 4 nitrogen and oxygen atoms in total. The Hall–Kier alpha value is -0.900. The lowest BCUT2D eigenvalue weighted by atomic mass is 9.84. The van der Waals surface area contributed by atoms with Crippen LogP contribution < -0.4 is 5.32 Å². The van der Waals surface area contributed by atoms with E-state index in [4.69, 9.17) is 0 Å². The number of ketones is 1. The highest BCUT2D eigenvalue weighted by Crippen LogP contribution is 2.31. The third-order valence-electron chi connectivity index (χ3n) is 3.23. The molecule has 3 unspecified atom stereocenters. The lowest BCUT2D eigenvalue weighted by Crippen LogP contribution is -2.39. The molecule has 4 heteroatoms. The van der Waals surface area contributed by atoms with Gasteiger partial charge in [-0.1, -0.05) is 12.8 Å². The van der Waals surface area contributed by atoms with Crippen molar-refractivity contribution >= 4 is 11.8 Å². The van der Waals surface area contributed by atoms with E-state index in [-0.39, 0.29) is 17.7 Å². The predicted octanol–water partition coefficient (Wildman–Crippen LogP) is 0.259. The molecular formula is C10H15NO3. The monoisotopic (exact) mass is 197 g/mol. The van der Waals surface area contributed by atoms with Crippen LogP contribution in [-0.2, 0) is 14.3 Å².